The summed E-state index contributed by atoms with van der Waals surface area (Å²) in [5.41, 5.74) is 6.90. The predicted octanol–water partition coefficient (Wildman–Crippen LogP) is 2.48. The molecule has 1 atom stereocenters. The van der Waals surface area contributed by atoms with Gasteiger partial charge in [0.05, 0.1) is 0 Å². The van der Waals surface area contributed by atoms with Gasteiger partial charge in [-0.25, -0.2) is 4.79 Å². The van der Waals surface area contributed by atoms with Gasteiger partial charge in [-0.15, -0.1) is 0 Å². The highest BCUT2D eigenvalue weighted by molar-refractivity contribution is 6.05. The van der Waals surface area contributed by atoms with Crippen LogP contribution in [0, 0.1) is 0 Å². The lowest BCUT2D eigenvalue weighted by Crippen LogP contribution is -2.38. The first kappa shape index (κ1) is 12.6. The van der Waals surface area contributed by atoms with E-state index in [1.807, 2.05) is 44.3 Å². The van der Waals surface area contributed by atoms with Crippen LogP contribution in [0.5, 0.6) is 0 Å². The van der Waals surface area contributed by atoms with Crippen molar-refractivity contribution >= 4 is 22.6 Å². The molecular formula is C15H16N4O. The van der Waals surface area contributed by atoms with Gasteiger partial charge in [-0.2, -0.15) is 4.99 Å². The number of nitrogens with zero attached hydrogens (tertiary/aromatic N) is 3. The van der Waals surface area contributed by atoms with E-state index in [0.717, 1.165) is 16.3 Å². The second kappa shape index (κ2) is 4.59. The minimum atomic E-state index is -0.332. The number of amides is 2. The molecule has 20 heavy (non-hydrogen) atoms. The smallest absolute Gasteiger partial charge is 0.346 e. The molecule has 1 unspecified atom stereocenters. The molecule has 102 valence electrons. The highest BCUT2D eigenvalue weighted by Gasteiger charge is 2.37. The summed E-state index contributed by atoms with van der Waals surface area (Å²) in [5.74, 6) is 0.335. The number of aliphatic imine (C=N–C) groups is 1. The van der Waals surface area contributed by atoms with Gasteiger partial charge in [0, 0.05) is 29.4 Å². The molecule has 1 aromatic carbocycles. The number of fused-ring (bicyclic) bond motifs is 1. The Labute approximate surface area is 117 Å². The van der Waals surface area contributed by atoms with Crippen molar-refractivity contribution in [1.29, 1.82) is 0 Å². The Morgan fingerprint density at radius 1 is 1.25 bits per heavy atom. The summed E-state index contributed by atoms with van der Waals surface area (Å²) in [5, 5.41) is 2.08. The zero-order valence-corrected chi connectivity index (χ0v) is 11.4. The standard InChI is InChI=1S/C15H16N4O/c1-9(2)19-13(14(16)18-15(19)20)12-8-17-7-10-5-3-4-6-11(10)12/h3-9,13H,1-2H3,(H2,16,18,20). The first-order chi connectivity index (χ1) is 9.59. The molecule has 2 amide bonds. The van der Waals surface area contributed by atoms with Gasteiger partial charge >= 0.3 is 6.03 Å². The van der Waals surface area contributed by atoms with Crippen molar-refractivity contribution in [2.45, 2.75) is 25.9 Å². The first-order valence-corrected chi connectivity index (χ1v) is 6.58. The number of hydrogen-bond donors (Lipinski definition) is 1. The zero-order chi connectivity index (χ0) is 14.3. The van der Waals surface area contributed by atoms with E-state index in [1.165, 1.54) is 0 Å². The Balaban J connectivity index is 2.19. The molecule has 0 bridgehead atoms. The first-order valence-electron chi connectivity index (χ1n) is 6.58. The summed E-state index contributed by atoms with van der Waals surface area (Å²) < 4.78 is 0. The van der Waals surface area contributed by atoms with Crippen molar-refractivity contribution in [2.75, 3.05) is 0 Å². The maximum atomic E-state index is 12.0. The molecule has 0 aliphatic carbocycles. The highest BCUT2D eigenvalue weighted by atomic mass is 16.2. The molecule has 0 spiro atoms. The van der Waals surface area contributed by atoms with Crippen LogP contribution in [0.15, 0.2) is 41.7 Å². The van der Waals surface area contributed by atoms with Gasteiger partial charge in [0.1, 0.15) is 11.9 Å². The Morgan fingerprint density at radius 3 is 2.75 bits per heavy atom. The van der Waals surface area contributed by atoms with Crippen LogP contribution in [0.3, 0.4) is 0 Å². The quantitative estimate of drug-likeness (QED) is 0.909. The summed E-state index contributed by atoms with van der Waals surface area (Å²) in [6.07, 6.45) is 3.58. The Kier molecular flexibility index (Phi) is 2.89. The molecule has 5 heteroatoms. The van der Waals surface area contributed by atoms with Crippen molar-refractivity contribution in [3.63, 3.8) is 0 Å². The van der Waals surface area contributed by atoms with E-state index < -0.39 is 0 Å². The van der Waals surface area contributed by atoms with E-state index in [2.05, 4.69) is 9.98 Å². The average molecular weight is 268 g/mol. The number of urea groups is 1. The van der Waals surface area contributed by atoms with Gasteiger partial charge in [0.25, 0.3) is 0 Å². The van der Waals surface area contributed by atoms with Crippen LogP contribution in [-0.2, 0) is 0 Å². The van der Waals surface area contributed by atoms with Crippen molar-refractivity contribution in [2.24, 2.45) is 10.7 Å². The van der Waals surface area contributed by atoms with E-state index >= 15 is 0 Å². The molecule has 0 saturated heterocycles. The van der Waals surface area contributed by atoms with Gasteiger partial charge in [-0.05, 0) is 19.2 Å². The number of nitrogens with two attached hydrogens (primary N) is 1. The minimum absolute atomic E-state index is 0.0243. The molecule has 0 radical (unpaired) electrons. The Hall–Kier alpha value is -2.43. The maximum absolute atomic E-state index is 12.0. The summed E-state index contributed by atoms with van der Waals surface area (Å²) >= 11 is 0. The third kappa shape index (κ3) is 1.82. The van der Waals surface area contributed by atoms with Crippen LogP contribution in [0.4, 0.5) is 4.79 Å². The summed E-state index contributed by atoms with van der Waals surface area (Å²) in [6, 6.07) is 7.35. The zero-order valence-electron chi connectivity index (χ0n) is 11.4. The summed E-state index contributed by atoms with van der Waals surface area (Å²) in [4.78, 5) is 21.8. The number of carbonyl (C=O) groups is 1. The molecule has 2 N–H and O–H groups in total. The van der Waals surface area contributed by atoms with Crippen LogP contribution < -0.4 is 5.73 Å². The van der Waals surface area contributed by atoms with Crippen LogP contribution in [0.1, 0.15) is 25.5 Å². The van der Waals surface area contributed by atoms with E-state index in [-0.39, 0.29) is 18.1 Å². The molecule has 0 fully saturated rings. The van der Waals surface area contributed by atoms with Crippen molar-refractivity contribution in [3.8, 4) is 0 Å². The normalized spacial score (nSPS) is 18.9. The fourth-order valence-electron chi connectivity index (χ4n) is 2.67. The SMILES string of the molecule is CC(C)N1C(=O)N=C(N)C1c1cncc2ccccc12. The maximum Gasteiger partial charge on any atom is 0.346 e. The fourth-order valence-corrected chi connectivity index (χ4v) is 2.67. The van der Waals surface area contributed by atoms with E-state index in [1.54, 1.807) is 11.1 Å². The lowest BCUT2D eigenvalue weighted by molar-refractivity contribution is 0.190. The second-order valence-electron chi connectivity index (χ2n) is 5.17. The molecule has 1 aliphatic rings. The second-order valence-corrected chi connectivity index (χ2v) is 5.17. The van der Waals surface area contributed by atoms with E-state index in [4.69, 9.17) is 5.73 Å². The summed E-state index contributed by atoms with van der Waals surface area (Å²) in [7, 11) is 0. The Bertz CT molecular complexity index is 703. The average Bonchev–Trinajstić information content (AvgIpc) is 2.73. The molecule has 3 rings (SSSR count). The van der Waals surface area contributed by atoms with Crippen LogP contribution in [0.2, 0.25) is 0 Å². The topological polar surface area (TPSA) is 71.6 Å². The van der Waals surface area contributed by atoms with E-state index in [0.29, 0.717) is 5.84 Å². The van der Waals surface area contributed by atoms with Gasteiger partial charge in [0.15, 0.2) is 0 Å². The van der Waals surface area contributed by atoms with Crippen molar-refractivity contribution in [1.82, 2.24) is 9.88 Å². The number of rotatable bonds is 2. The molecule has 0 saturated carbocycles. The van der Waals surface area contributed by atoms with Crippen molar-refractivity contribution < 1.29 is 4.79 Å². The van der Waals surface area contributed by atoms with Crippen LogP contribution in [-0.4, -0.2) is 27.8 Å². The number of benzene rings is 1. The predicted molar refractivity (Wildman–Crippen MR) is 78.5 cm³/mol. The van der Waals surface area contributed by atoms with Gasteiger partial charge in [-0.3, -0.25) is 4.98 Å². The number of pyridine rings is 1. The highest BCUT2D eigenvalue weighted by Crippen LogP contribution is 2.32. The number of aromatic nitrogens is 1. The number of hydrogen-bond acceptors (Lipinski definition) is 3. The lowest BCUT2D eigenvalue weighted by Gasteiger charge is -2.28. The molecule has 5 nitrogen and oxygen atoms in total. The third-order valence-corrected chi connectivity index (χ3v) is 3.55. The molecule has 2 heterocycles. The van der Waals surface area contributed by atoms with Crippen LogP contribution >= 0.6 is 0 Å². The van der Waals surface area contributed by atoms with Crippen LogP contribution in [0.25, 0.3) is 10.8 Å². The van der Waals surface area contributed by atoms with Crippen molar-refractivity contribution in [3.05, 3.63) is 42.2 Å². The molecule has 1 aliphatic heterocycles. The number of carbonyl (C=O) groups excluding carboxylic acids is 1. The molecule has 1 aromatic heterocycles. The Morgan fingerprint density at radius 2 is 2.00 bits per heavy atom. The van der Waals surface area contributed by atoms with E-state index in [9.17, 15) is 4.79 Å². The largest absolute Gasteiger partial charge is 0.385 e. The lowest BCUT2D eigenvalue weighted by atomic mass is 9.99. The molecule has 2 aromatic rings. The van der Waals surface area contributed by atoms with Gasteiger partial charge in [0.2, 0.25) is 0 Å². The monoisotopic (exact) mass is 268 g/mol. The van der Waals surface area contributed by atoms with Gasteiger partial charge in [-0.1, -0.05) is 24.3 Å². The number of amidine groups is 1. The van der Waals surface area contributed by atoms with Gasteiger partial charge < -0.3 is 10.6 Å². The third-order valence-electron chi connectivity index (χ3n) is 3.55. The molecular weight excluding hydrogens is 252 g/mol. The minimum Gasteiger partial charge on any atom is -0.385 e. The fraction of sp³-hybridized carbons (Fsp3) is 0.267. The summed E-state index contributed by atoms with van der Waals surface area (Å²) in [6.45, 7) is 3.91.